The third-order valence-corrected chi connectivity index (χ3v) is 5.18. The highest BCUT2D eigenvalue weighted by Gasteiger charge is 2.36. The highest BCUT2D eigenvalue weighted by Crippen LogP contribution is 2.24. The van der Waals surface area contributed by atoms with Gasteiger partial charge in [-0.15, -0.1) is 0 Å². The topological polar surface area (TPSA) is 18.5 Å². The molecule has 112 valence electrons. The number of hydrogen-bond acceptors (Lipinski definition) is 3. The van der Waals surface area contributed by atoms with Gasteiger partial charge < -0.3 is 5.32 Å². The third kappa shape index (κ3) is 3.93. The Labute approximate surface area is 119 Å². The Kier molecular flexibility index (Phi) is 6.11. The fourth-order valence-corrected chi connectivity index (χ4v) is 3.73. The van der Waals surface area contributed by atoms with Gasteiger partial charge in [0, 0.05) is 44.8 Å². The van der Waals surface area contributed by atoms with Crippen molar-refractivity contribution in [2.75, 3.05) is 39.3 Å². The van der Waals surface area contributed by atoms with Gasteiger partial charge in [-0.05, 0) is 25.3 Å². The standard InChI is InChI=1S/C16H33N3/c1-4-7-17-15(12-14(5-2)6-3)16-13-18-8-10-19(16)11-9-18/h14-17H,4-13H2,1-3H3. The van der Waals surface area contributed by atoms with E-state index >= 15 is 0 Å². The normalized spacial score (nSPS) is 31.9. The monoisotopic (exact) mass is 267 g/mol. The Balaban J connectivity index is 1.95. The van der Waals surface area contributed by atoms with Crippen molar-refractivity contribution in [2.45, 2.75) is 58.5 Å². The zero-order valence-corrected chi connectivity index (χ0v) is 13.2. The summed E-state index contributed by atoms with van der Waals surface area (Å²) in [4.78, 5) is 5.41. The lowest BCUT2D eigenvalue weighted by molar-refractivity contribution is -0.00707. The molecule has 0 aliphatic carbocycles. The highest BCUT2D eigenvalue weighted by atomic mass is 15.4. The van der Waals surface area contributed by atoms with Crippen LogP contribution in [0.5, 0.6) is 0 Å². The van der Waals surface area contributed by atoms with Crippen molar-refractivity contribution in [1.82, 2.24) is 15.1 Å². The van der Waals surface area contributed by atoms with E-state index in [1.807, 2.05) is 0 Å². The molecule has 3 heteroatoms. The van der Waals surface area contributed by atoms with Gasteiger partial charge in [-0.3, -0.25) is 9.80 Å². The van der Waals surface area contributed by atoms with Crippen molar-refractivity contribution in [3.63, 3.8) is 0 Å². The van der Waals surface area contributed by atoms with Gasteiger partial charge in [0.2, 0.25) is 0 Å². The lowest BCUT2D eigenvalue weighted by atomic mass is 9.88. The third-order valence-electron chi connectivity index (χ3n) is 5.18. The molecular formula is C16H33N3. The molecule has 0 radical (unpaired) electrons. The molecule has 3 aliphatic heterocycles. The summed E-state index contributed by atoms with van der Waals surface area (Å²) >= 11 is 0. The molecule has 3 aliphatic rings. The van der Waals surface area contributed by atoms with E-state index in [2.05, 4.69) is 35.9 Å². The van der Waals surface area contributed by atoms with Crippen molar-refractivity contribution in [1.29, 1.82) is 0 Å². The first-order valence-electron chi connectivity index (χ1n) is 8.48. The number of nitrogens with zero attached hydrogens (tertiary/aromatic N) is 2. The molecule has 19 heavy (non-hydrogen) atoms. The summed E-state index contributed by atoms with van der Waals surface area (Å²) in [6.45, 7) is 14.6. The van der Waals surface area contributed by atoms with E-state index in [1.54, 1.807) is 0 Å². The van der Waals surface area contributed by atoms with Crippen LogP contribution in [0.25, 0.3) is 0 Å². The fourth-order valence-electron chi connectivity index (χ4n) is 3.73. The van der Waals surface area contributed by atoms with Gasteiger partial charge in [0.05, 0.1) is 0 Å². The molecule has 2 atom stereocenters. The predicted molar refractivity (Wildman–Crippen MR) is 82.6 cm³/mol. The molecule has 0 spiro atoms. The Morgan fingerprint density at radius 3 is 2.21 bits per heavy atom. The van der Waals surface area contributed by atoms with Gasteiger partial charge in [0.25, 0.3) is 0 Å². The second-order valence-electron chi connectivity index (χ2n) is 6.38. The summed E-state index contributed by atoms with van der Waals surface area (Å²) in [7, 11) is 0. The Morgan fingerprint density at radius 1 is 1.05 bits per heavy atom. The predicted octanol–water partition coefficient (Wildman–Crippen LogP) is 2.18. The summed E-state index contributed by atoms with van der Waals surface area (Å²) in [6.07, 6.45) is 5.27. The van der Waals surface area contributed by atoms with Crippen LogP contribution in [0.2, 0.25) is 0 Å². The van der Waals surface area contributed by atoms with Gasteiger partial charge in [-0.25, -0.2) is 0 Å². The van der Waals surface area contributed by atoms with Crippen molar-refractivity contribution in [3.05, 3.63) is 0 Å². The lowest BCUT2D eigenvalue weighted by Crippen LogP contribution is -2.66. The van der Waals surface area contributed by atoms with Crippen LogP contribution in [0.4, 0.5) is 0 Å². The zero-order chi connectivity index (χ0) is 13.7. The molecule has 3 nitrogen and oxygen atoms in total. The quantitative estimate of drug-likeness (QED) is 0.727. The van der Waals surface area contributed by atoms with Crippen molar-refractivity contribution in [2.24, 2.45) is 5.92 Å². The van der Waals surface area contributed by atoms with E-state index in [1.165, 1.54) is 65.0 Å². The molecule has 3 heterocycles. The Bertz CT molecular complexity index is 244. The number of hydrogen-bond donors (Lipinski definition) is 1. The maximum absolute atomic E-state index is 3.85. The van der Waals surface area contributed by atoms with Crippen LogP contribution < -0.4 is 5.32 Å². The highest BCUT2D eigenvalue weighted by molar-refractivity contribution is 4.95. The number of piperazine rings is 3. The average molecular weight is 267 g/mol. The number of fused-ring (bicyclic) bond motifs is 3. The molecule has 2 bridgehead atoms. The van der Waals surface area contributed by atoms with Crippen LogP contribution >= 0.6 is 0 Å². The molecular weight excluding hydrogens is 234 g/mol. The summed E-state index contributed by atoms with van der Waals surface area (Å²) in [5.41, 5.74) is 0. The van der Waals surface area contributed by atoms with E-state index in [4.69, 9.17) is 0 Å². The minimum absolute atomic E-state index is 0.702. The first kappa shape index (κ1) is 15.3. The minimum atomic E-state index is 0.702. The summed E-state index contributed by atoms with van der Waals surface area (Å²) in [5.74, 6) is 0.894. The van der Waals surface area contributed by atoms with Crippen LogP contribution in [0.1, 0.15) is 46.5 Å². The lowest BCUT2D eigenvalue weighted by Gasteiger charge is -2.50. The smallest absolute Gasteiger partial charge is 0.0377 e. The van der Waals surface area contributed by atoms with E-state index < -0.39 is 0 Å². The van der Waals surface area contributed by atoms with Gasteiger partial charge in [0.15, 0.2) is 0 Å². The maximum Gasteiger partial charge on any atom is 0.0377 e. The molecule has 0 aromatic carbocycles. The fraction of sp³-hybridized carbons (Fsp3) is 1.00. The van der Waals surface area contributed by atoms with Crippen LogP contribution in [0.3, 0.4) is 0 Å². The summed E-state index contributed by atoms with van der Waals surface area (Å²) in [6, 6.07) is 1.46. The minimum Gasteiger partial charge on any atom is -0.312 e. The maximum atomic E-state index is 3.85. The second-order valence-corrected chi connectivity index (χ2v) is 6.38. The van der Waals surface area contributed by atoms with Crippen LogP contribution in [-0.2, 0) is 0 Å². The summed E-state index contributed by atoms with van der Waals surface area (Å²) < 4.78 is 0. The molecule has 0 amide bonds. The number of rotatable bonds is 8. The van der Waals surface area contributed by atoms with Gasteiger partial charge >= 0.3 is 0 Å². The van der Waals surface area contributed by atoms with E-state index in [9.17, 15) is 0 Å². The molecule has 0 saturated carbocycles. The Hall–Kier alpha value is -0.120. The SMILES string of the molecule is CCCNC(CC(CC)CC)C1CN2CCN1CC2. The molecule has 3 saturated heterocycles. The molecule has 3 fully saturated rings. The number of nitrogens with one attached hydrogen (secondary N) is 1. The average Bonchev–Trinajstić information content (AvgIpc) is 2.49. The van der Waals surface area contributed by atoms with Crippen molar-refractivity contribution >= 4 is 0 Å². The van der Waals surface area contributed by atoms with E-state index in [-0.39, 0.29) is 0 Å². The molecule has 2 unspecified atom stereocenters. The zero-order valence-electron chi connectivity index (χ0n) is 13.2. The second kappa shape index (κ2) is 7.61. The van der Waals surface area contributed by atoms with Crippen LogP contribution in [-0.4, -0.2) is 61.2 Å². The first-order valence-corrected chi connectivity index (χ1v) is 8.48. The van der Waals surface area contributed by atoms with Crippen LogP contribution in [0.15, 0.2) is 0 Å². The molecule has 0 aromatic rings. The van der Waals surface area contributed by atoms with Crippen molar-refractivity contribution in [3.8, 4) is 0 Å². The Morgan fingerprint density at radius 2 is 1.74 bits per heavy atom. The summed E-state index contributed by atoms with van der Waals surface area (Å²) in [5, 5.41) is 3.85. The van der Waals surface area contributed by atoms with E-state index in [0.29, 0.717) is 6.04 Å². The molecule has 3 rings (SSSR count). The van der Waals surface area contributed by atoms with Gasteiger partial charge in [-0.1, -0.05) is 33.6 Å². The largest absolute Gasteiger partial charge is 0.312 e. The van der Waals surface area contributed by atoms with E-state index in [0.717, 1.165) is 12.0 Å². The van der Waals surface area contributed by atoms with Crippen molar-refractivity contribution < 1.29 is 0 Å². The molecule has 0 aromatic heterocycles. The van der Waals surface area contributed by atoms with Gasteiger partial charge in [-0.2, -0.15) is 0 Å². The first-order chi connectivity index (χ1) is 9.28. The van der Waals surface area contributed by atoms with Gasteiger partial charge in [0.1, 0.15) is 0 Å². The van der Waals surface area contributed by atoms with Crippen LogP contribution in [0, 0.1) is 5.92 Å². The molecule has 1 N–H and O–H groups in total.